The van der Waals surface area contributed by atoms with Crippen LogP contribution in [0.15, 0.2) is 34.8 Å². The van der Waals surface area contributed by atoms with E-state index >= 15 is 0 Å². The summed E-state index contributed by atoms with van der Waals surface area (Å²) in [7, 11) is 0. The van der Waals surface area contributed by atoms with Crippen molar-refractivity contribution >= 4 is 63.4 Å². The number of ether oxygens (including phenoxy) is 1. The summed E-state index contributed by atoms with van der Waals surface area (Å²) in [6.07, 6.45) is 0. The number of nitrogens with zero attached hydrogens (tertiary/aromatic N) is 4. The van der Waals surface area contributed by atoms with Crippen LogP contribution in [0.4, 0.5) is 10.8 Å². The van der Waals surface area contributed by atoms with E-state index in [9.17, 15) is 34.4 Å². The van der Waals surface area contributed by atoms with Crippen molar-refractivity contribution in [3.05, 3.63) is 51.0 Å². The molecule has 3 heterocycles. The van der Waals surface area contributed by atoms with E-state index in [1.54, 1.807) is 13.8 Å². The summed E-state index contributed by atoms with van der Waals surface area (Å²) in [4.78, 5) is 71.3. The van der Waals surface area contributed by atoms with Gasteiger partial charge in [-0.1, -0.05) is 5.16 Å². The van der Waals surface area contributed by atoms with Gasteiger partial charge < -0.3 is 35.4 Å². The van der Waals surface area contributed by atoms with E-state index in [4.69, 9.17) is 15.3 Å². The molecule has 2 amide bonds. The molecule has 18 heteroatoms. The van der Waals surface area contributed by atoms with Crippen molar-refractivity contribution in [1.82, 2.24) is 15.2 Å². The predicted molar refractivity (Wildman–Crippen MR) is 144 cm³/mol. The van der Waals surface area contributed by atoms with E-state index in [-0.39, 0.29) is 58.4 Å². The number of nitro groups is 1. The van der Waals surface area contributed by atoms with Gasteiger partial charge in [-0.2, -0.15) is 0 Å². The van der Waals surface area contributed by atoms with Crippen molar-refractivity contribution < 1.29 is 68.3 Å². The third-order valence-corrected chi connectivity index (χ3v) is 8.55. The first kappa shape index (κ1) is 33.3. The van der Waals surface area contributed by atoms with Gasteiger partial charge in [-0.15, -0.1) is 23.1 Å². The van der Waals surface area contributed by atoms with Crippen LogP contribution >= 0.6 is 23.1 Å². The molecule has 15 nitrogen and oxygen atoms in total. The number of benzene rings is 1. The van der Waals surface area contributed by atoms with Crippen molar-refractivity contribution in [2.45, 2.75) is 62.1 Å². The van der Waals surface area contributed by atoms with Crippen molar-refractivity contribution in [3.8, 4) is 0 Å². The minimum atomic E-state index is -1.69. The maximum Gasteiger partial charge on any atom is 1.00 e. The first-order chi connectivity index (χ1) is 19.1. The SMILES string of the molecule is CC(C)(O/N=C(\C(=O)N[C@@H]1C(=O)N2[C@@H]1SC(C)(C)[C@@H]2C(=O)[O-])c1csc(N)n1)C(=O)OCc1ccc([N+](=O)[O-])cc1.[Na+]. The van der Waals surface area contributed by atoms with Crippen molar-refractivity contribution in [1.29, 1.82) is 0 Å². The van der Waals surface area contributed by atoms with E-state index < -0.39 is 56.5 Å². The normalized spacial score (nSPS) is 21.0. The zero-order valence-corrected chi connectivity index (χ0v) is 26.8. The predicted octanol–water partition coefficient (Wildman–Crippen LogP) is -2.82. The fourth-order valence-corrected chi connectivity index (χ4v) is 6.34. The molecule has 2 aliphatic rings. The monoisotopic (exact) mass is 628 g/mol. The number of nitro benzene ring substituents is 1. The fourth-order valence-electron chi connectivity index (χ4n) is 4.17. The van der Waals surface area contributed by atoms with Crippen molar-refractivity contribution in [2.75, 3.05) is 5.73 Å². The van der Waals surface area contributed by atoms with Crippen LogP contribution in [-0.4, -0.2) is 72.1 Å². The minimum absolute atomic E-state index is 0. The molecule has 0 aliphatic carbocycles. The van der Waals surface area contributed by atoms with E-state index in [0.717, 1.165) is 11.3 Å². The standard InChI is InChI=1S/C24H26N6O9S2.Na/c1-23(2,21(35)38-9-11-5-7-12(8-6-11)30(36)37)39-28-14(13-10-40-22(25)26-13)17(31)27-15-18(32)29-16(20(33)34)24(3,4)41-19(15)29;/h5-8,10,15-16,19H,9H2,1-4H3,(H2,25,26)(H,27,31)(H,33,34);/q;+1/p-1/b28-14-;/t15-,16+,19-;/m1./s1. The Morgan fingerprint density at radius 3 is 2.45 bits per heavy atom. The second kappa shape index (κ2) is 12.5. The van der Waals surface area contributed by atoms with Crippen molar-refractivity contribution in [2.24, 2.45) is 5.16 Å². The molecule has 0 unspecified atom stereocenters. The van der Waals surface area contributed by atoms with Crippen LogP contribution in [0, 0.1) is 10.1 Å². The zero-order valence-electron chi connectivity index (χ0n) is 23.2. The maximum absolute atomic E-state index is 13.3. The van der Waals surface area contributed by atoms with Crippen LogP contribution in [0.1, 0.15) is 39.0 Å². The van der Waals surface area contributed by atoms with Crippen LogP contribution in [0.3, 0.4) is 0 Å². The minimum Gasteiger partial charge on any atom is -0.548 e. The third kappa shape index (κ3) is 6.70. The summed E-state index contributed by atoms with van der Waals surface area (Å²) in [6.45, 7) is 5.84. The van der Waals surface area contributed by atoms with E-state index in [1.807, 2.05) is 0 Å². The number of hydrogen-bond acceptors (Lipinski definition) is 14. The Kier molecular flexibility index (Phi) is 9.93. The number of thiazole rings is 1. The molecule has 1 aromatic carbocycles. The zero-order chi connectivity index (χ0) is 30.3. The number of carboxylic acid groups (broad SMARTS) is 1. The van der Waals surface area contributed by atoms with Crippen molar-refractivity contribution in [3.63, 3.8) is 0 Å². The second-order valence-electron chi connectivity index (χ2n) is 10.1. The second-order valence-corrected chi connectivity index (χ2v) is 12.8. The number of carbonyl (C=O) groups is 4. The number of amides is 2. The number of fused-ring (bicyclic) bond motifs is 1. The number of carbonyl (C=O) groups excluding carboxylic acids is 4. The number of nitrogen functional groups attached to an aromatic ring is 1. The number of anilines is 1. The third-order valence-electron chi connectivity index (χ3n) is 6.30. The molecule has 0 saturated carbocycles. The largest absolute Gasteiger partial charge is 1.00 e. The van der Waals surface area contributed by atoms with Crippen LogP contribution in [0.2, 0.25) is 0 Å². The first-order valence-electron chi connectivity index (χ1n) is 12.0. The van der Waals surface area contributed by atoms with Gasteiger partial charge in [0.15, 0.2) is 10.8 Å². The van der Waals surface area contributed by atoms with Crippen LogP contribution < -0.4 is 45.7 Å². The molecule has 2 aromatic rings. The fraction of sp³-hybridized carbons (Fsp3) is 0.417. The molecule has 0 bridgehead atoms. The molecular formula is C24H25N6NaO9S2. The molecule has 42 heavy (non-hydrogen) atoms. The summed E-state index contributed by atoms with van der Waals surface area (Å²) in [5, 5.41) is 29.8. The summed E-state index contributed by atoms with van der Waals surface area (Å²) in [5.41, 5.74) is 4.05. The number of nitrogens with one attached hydrogen (secondary N) is 1. The van der Waals surface area contributed by atoms with Gasteiger partial charge in [-0.3, -0.25) is 19.7 Å². The Morgan fingerprint density at radius 1 is 1.26 bits per heavy atom. The van der Waals surface area contributed by atoms with Crippen LogP contribution in [0.25, 0.3) is 0 Å². The first-order valence-corrected chi connectivity index (χ1v) is 13.8. The summed E-state index contributed by atoms with van der Waals surface area (Å²) >= 11 is 2.24. The average Bonchev–Trinajstić information content (AvgIpc) is 3.44. The van der Waals surface area contributed by atoms with E-state index in [1.165, 1.54) is 60.2 Å². The number of β-lactam (4-membered cyclic amide) rings is 1. The number of hydrogen-bond donors (Lipinski definition) is 2. The van der Waals surface area contributed by atoms with E-state index in [0.29, 0.717) is 5.56 Å². The maximum atomic E-state index is 13.3. The average molecular weight is 629 g/mol. The van der Waals surface area contributed by atoms with E-state index in [2.05, 4.69) is 15.5 Å². The molecule has 0 spiro atoms. The number of carboxylic acids is 1. The van der Waals surface area contributed by atoms with Gasteiger partial charge in [0.05, 0.1) is 16.9 Å². The number of aliphatic carboxylic acids is 1. The van der Waals surface area contributed by atoms with Gasteiger partial charge in [0.25, 0.3) is 11.6 Å². The Labute approximate surface area is 269 Å². The molecule has 3 atom stereocenters. The molecule has 1 aromatic heterocycles. The Hall–Kier alpha value is -3.25. The molecule has 2 fully saturated rings. The Bertz CT molecular complexity index is 1450. The van der Waals surface area contributed by atoms with Crippen LogP contribution in [0.5, 0.6) is 0 Å². The number of oxime groups is 1. The molecule has 218 valence electrons. The smallest absolute Gasteiger partial charge is 0.548 e. The van der Waals surface area contributed by atoms with Gasteiger partial charge >= 0.3 is 35.5 Å². The number of rotatable bonds is 10. The Morgan fingerprint density at radius 2 is 1.90 bits per heavy atom. The molecule has 3 N–H and O–H groups in total. The molecule has 4 rings (SSSR count). The molecule has 2 aliphatic heterocycles. The quantitative estimate of drug-likeness (QED) is 0.0680. The van der Waals surface area contributed by atoms with Crippen LogP contribution in [-0.2, 0) is 35.4 Å². The summed E-state index contributed by atoms with van der Waals surface area (Å²) in [5.74, 6) is -3.69. The molecule has 2 saturated heterocycles. The molecule has 0 radical (unpaired) electrons. The molecular weight excluding hydrogens is 603 g/mol. The number of esters is 1. The van der Waals surface area contributed by atoms with Gasteiger partial charge in [0.2, 0.25) is 11.5 Å². The summed E-state index contributed by atoms with van der Waals surface area (Å²) < 4.78 is 4.41. The van der Waals surface area contributed by atoms with Gasteiger partial charge in [-0.05, 0) is 45.4 Å². The summed E-state index contributed by atoms with van der Waals surface area (Å²) in [6, 6.07) is 3.22. The number of aromatic nitrogens is 1. The number of thioether (sulfide) groups is 1. The van der Waals surface area contributed by atoms with Gasteiger partial charge in [0, 0.05) is 22.3 Å². The number of non-ortho nitro benzene ring substituents is 1. The Balaban J connectivity index is 0.00000484. The van der Waals surface area contributed by atoms with Gasteiger partial charge in [0.1, 0.15) is 23.7 Å². The number of nitrogens with two attached hydrogens (primary N) is 1. The topological polar surface area (TPSA) is 219 Å². The van der Waals surface area contributed by atoms with Gasteiger partial charge in [-0.25, -0.2) is 9.78 Å².